The summed E-state index contributed by atoms with van der Waals surface area (Å²) in [5.41, 5.74) is 0. The predicted molar refractivity (Wildman–Crippen MR) is 166 cm³/mol. The summed E-state index contributed by atoms with van der Waals surface area (Å²) >= 11 is 0. The molecule has 1 atom stereocenters. The molecule has 0 fully saturated rings. The summed E-state index contributed by atoms with van der Waals surface area (Å²) in [5, 5.41) is 0. The highest BCUT2D eigenvalue weighted by Gasteiger charge is 2.03. The molecule has 0 aromatic carbocycles. The summed E-state index contributed by atoms with van der Waals surface area (Å²) in [5.74, 6) is 0.479. The minimum Gasteiger partial charge on any atom is -0.463 e. The summed E-state index contributed by atoms with van der Waals surface area (Å²) in [7, 11) is 0. The second-order valence-corrected chi connectivity index (χ2v) is 10.9. The molecule has 41 heavy (non-hydrogen) atoms. The van der Waals surface area contributed by atoms with Crippen molar-refractivity contribution in [2.24, 2.45) is 5.92 Å². The molecule has 0 saturated heterocycles. The fourth-order valence-corrected chi connectivity index (χ4v) is 4.08. The number of esters is 1. The van der Waals surface area contributed by atoms with E-state index in [1.54, 1.807) is 0 Å². The molecule has 0 amide bonds. The number of ether oxygens (including phenoxy) is 7. The topological polar surface area (TPSA) is 81.7 Å². The zero-order valence-electron chi connectivity index (χ0n) is 27.1. The summed E-state index contributed by atoms with van der Waals surface area (Å²) in [6.07, 6.45) is 18.6. The van der Waals surface area contributed by atoms with Gasteiger partial charge in [-0.15, -0.1) is 0 Å². The van der Waals surface area contributed by atoms with E-state index in [1.807, 2.05) is 0 Å². The van der Waals surface area contributed by atoms with Crippen molar-refractivity contribution in [3.63, 3.8) is 0 Å². The van der Waals surface area contributed by atoms with Crippen LogP contribution in [-0.2, 0) is 38.0 Å². The molecular weight excluding hydrogens is 524 g/mol. The van der Waals surface area contributed by atoms with Crippen LogP contribution in [0.1, 0.15) is 117 Å². The third kappa shape index (κ3) is 35.3. The molecular formula is C33H66O8. The van der Waals surface area contributed by atoms with Gasteiger partial charge in [0.2, 0.25) is 0 Å². The van der Waals surface area contributed by atoms with Gasteiger partial charge in [-0.3, -0.25) is 4.79 Å². The summed E-state index contributed by atoms with van der Waals surface area (Å²) < 4.78 is 38.1. The third-order valence-electron chi connectivity index (χ3n) is 6.93. The van der Waals surface area contributed by atoms with Gasteiger partial charge in [-0.05, 0) is 12.3 Å². The molecule has 0 heterocycles. The van der Waals surface area contributed by atoms with Gasteiger partial charge in [-0.25, -0.2) is 0 Å². The highest BCUT2D eigenvalue weighted by atomic mass is 16.6. The van der Waals surface area contributed by atoms with Crippen molar-refractivity contribution >= 4 is 5.97 Å². The summed E-state index contributed by atoms with van der Waals surface area (Å²) in [6, 6.07) is 0. The van der Waals surface area contributed by atoms with Gasteiger partial charge < -0.3 is 33.2 Å². The zero-order chi connectivity index (χ0) is 29.9. The maximum Gasteiger partial charge on any atom is 0.305 e. The van der Waals surface area contributed by atoms with Crippen LogP contribution in [0.4, 0.5) is 0 Å². The van der Waals surface area contributed by atoms with Crippen LogP contribution >= 0.6 is 0 Å². The van der Waals surface area contributed by atoms with E-state index < -0.39 is 0 Å². The Balaban J connectivity index is 3.15. The molecule has 0 bridgehead atoms. The van der Waals surface area contributed by atoms with E-state index in [9.17, 15) is 4.79 Å². The van der Waals surface area contributed by atoms with Crippen molar-refractivity contribution in [3.8, 4) is 0 Å². The minimum absolute atomic E-state index is 0.122. The van der Waals surface area contributed by atoms with Gasteiger partial charge in [0, 0.05) is 13.0 Å². The number of hydrogen-bond donors (Lipinski definition) is 0. The Hall–Kier alpha value is -0.770. The molecule has 0 aliphatic carbocycles. The molecule has 8 nitrogen and oxygen atoms in total. The van der Waals surface area contributed by atoms with Crippen LogP contribution < -0.4 is 0 Å². The van der Waals surface area contributed by atoms with E-state index in [-0.39, 0.29) is 5.97 Å². The van der Waals surface area contributed by atoms with Crippen molar-refractivity contribution in [1.82, 2.24) is 0 Å². The summed E-state index contributed by atoms with van der Waals surface area (Å²) in [4.78, 5) is 11.8. The van der Waals surface area contributed by atoms with Gasteiger partial charge in [0.1, 0.15) is 6.61 Å². The van der Waals surface area contributed by atoms with Crippen LogP contribution in [0.2, 0.25) is 0 Å². The lowest BCUT2D eigenvalue weighted by Crippen LogP contribution is -2.15. The molecule has 0 saturated carbocycles. The van der Waals surface area contributed by atoms with Crippen molar-refractivity contribution in [2.45, 2.75) is 117 Å². The van der Waals surface area contributed by atoms with Gasteiger partial charge in [0.05, 0.1) is 72.7 Å². The van der Waals surface area contributed by atoms with E-state index in [4.69, 9.17) is 33.2 Å². The van der Waals surface area contributed by atoms with Crippen LogP contribution in [0.5, 0.6) is 0 Å². The van der Waals surface area contributed by atoms with E-state index in [0.29, 0.717) is 91.6 Å². The molecule has 0 N–H and O–H groups in total. The SMILES string of the molecule is CCCCCCCCCCCCCCCC(=O)OCCOCCOCCOCCOCCOCCOCC(C)CC. The molecule has 0 radical (unpaired) electrons. The molecule has 0 aromatic heterocycles. The van der Waals surface area contributed by atoms with Gasteiger partial charge in [0.15, 0.2) is 0 Å². The van der Waals surface area contributed by atoms with E-state index in [0.717, 1.165) is 25.9 Å². The highest BCUT2D eigenvalue weighted by molar-refractivity contribution is 5.69. The first-order valence-corrected chi connectivity index (χ1v) is 16.8. The Morgan fingerprint density at radius 1 is 0.463 bits per heavy atom. The molecule has 0 aromatic rings. The molecule has 8 heteroatoms. The molecule has 246 valence electrons. The monoisotopic (exact) mass is 590 g/mol. The first-order valence-electron chi connectivity index (χ1n) is 16.8. The van der Waals surface area contributed by atoms with E-state index in [2.05, 4.69) is 20.8 Å². The number of hydrogen-bond acceptors (Lipinski definition) is 8. The minimum atomic E-state index is -0.122. The second-order valence-electron chi connectivity index (χ2n) is 10.9. The summed E-state index contributed by atoms with van der Waals surface area (Å²) in [6.45, 7) is 13.5. The molecule has 0 rings (SSSR count). The molecule has 0 aliphatic rings. The number of rotatable bonds is 35. The lowest BCUT2D eigenvalue weighted by molar-refractivity contribution is -0.145. The molecule has 1 unspecified atom stereocenters. The lowest BCUT2D eigenvalue weighted by atomic mass is 10.0. The second kappa shape index (κ2) is 35.4. The fourth-order valence-electron chi connectivity index (χ4n) is 4.08. The standard InChI is InChI=1S/C33H66O8/c1-4-6-7-8-9-10-11-12-13-14-15-16-17-18-33(34)41-30-29-39-26-25-37-22-21-35-19-20-36-23-24-38-27-28-40-31-32(3)5-2/h32H,4-31H2,1-3H3. The first-order chi connectivity index (χ1) is 20.2. The number of carbonyl (C=O) groups excluding carboxylic acids is 1. The molecule has 0 aliphatic heterocycles. The third-order valence-corrected chi connectivity index (χ3v) is 6.93. The van der Waals surface area contributed by atoms with Gasteiger partial charge in [-0.1, -0.05) is 104 Å². The first kappa shape index (κ1) is 40.2. The largest absolute Gasteiger partial charge is 0.463 e. The Morgan fingerprint density at radius 3 is 1.20 bits per heavy atom. The average molecular weight is 591 g/mol. The normalized spacial score (nSPS) is 12.2. The van der Waals surface area contributed by atoms with Crippen LogP contribution in [-0.4, -0.2) is 91.9 Å². The zero-order valence-corrected chi connectivity index (χ0v) is 27.1. The van der Waals surface area contributed by atoms with Crippen molar-refractivity contribution in [3.05, 3.63) is 0 Å². The van der Waals surface area contributed by atoms with E-state index in [1.165, 1.54) is 70.6 Å². The predicted octanol–water partition coefficient (Wildman–Crippen LogP) is 7.16. The van der Waals surface area contributed by atoms with Crippen molar-refractivity contribution < 1.29 is 38.0 Å². The fraction of sp³-hybridized carbons (Fsp3) is 0.970. The lowest BCUT2D eigenvalue weighted by Gasteiger charge is -2.10. The van der Waals surface area contributed by atoms with Crippen LogP contribution in [0.15, 0.2) is 0 Å². The number of carbonyl (C=O) groups is 1. The van der Waals surface area contributed by atoms with Crippen molar-refractivity contribution in [1.29, 1.82) is 0 Å². The van der Waals surface area contributed by atoms with Crippen LogP contribution in [0.25, 0.3) is 0 Å². The highest BCUT2D eigenvalue weighted by Crippen LogP contribution is 2.13. The Bertz CT molecular complexity index is 506. The average Bonchev–Trinajstić information content (AvgIpc) is 2.98. The quantitative estimate of drug-likeness (QED) is 0.0568. The van der Waals surface area contributed by atoms with E-state index >= 15 is 0 Å². The number of unbranched alkanes of at least 4 members (excludes halogenated alkanes) is 12. The van der Waals surface area contributed by atoms with Gasteiger partial charge in [0.25, 0.3) is 0 Å². The maximum absolute atomic E-state index is 11.8. The Labute approximate surface area is 252 Å². The smallest absolute Gasteiger partial charge is 0.305 e. The van der Waals surface area contributed by atoms with Crippen molar-refractivity contribution in [2.75, 3.05) is 85.9 Å². The molecule has 0 spiro atoms. The van der Waals surface area contributed by atoms with Gasteiger partial charge in [-0.2, -0.15) is 0 Å². The Kier molecular flexibility index (Phi) is 34.8. The van der Waals surface area contributed by atoms with Crippen LogP contribution in [0, 0.1) is 5.92 Å². The Morgan fingerprint density at radius 2 is 0.805 bits per heavy atom. The van der Waals surface area contributed by atoms with Crippen LogP contribution in [0.3, 0.4) is 0 Å². The maximum atomic E-state index is 11.8. The van der Waals surface area contributed by atoms with Gasteiger partial charge >= 0.3 is 5.97 Å².